The summed E-state index contributed by atoms with van der Waals surface area (Å²) in [6, 6.07) is 10.1. The summed E-state index contributed by atoms with van der Waals surface area (Å²) in [5.74, 6) is 1.65. The number of aryl methyl sites for hydroxylation is 1. The van der Waals surface area contributed by atoms with Gasteiger partial charge in [0.05, 0.1) is 6.04 Å². The van der Waals surface area contributed by atoms with E-state index in [0.29, 0.717) is 11.6 Å². The number of amides is 1. The van der Waals surface area contributed by atoms with Crippen molar-refractivity contribution >= 4 is 5.91 Å². The summed E-state index contributed by atoms with van der Waals surface area (Å²) in [6.45, 7) is 7.18. The van der Waals surface area contributed by atoms with Gasteiger partial charge in [0.2, 0.25) is 0 Å². The van der Waals surface area contributed by atoms with Crippen molar-refractivity contribution in [2.75, 3.05) is 6.54 Å². The van der Waals surface area contributed by atoms with Crippen LogP contribution in [0.15, 0.2) is 30.3 Å². The van der Waals surface area contributed by atoms with Crippen molar-refractivity contribution < 1.29 is 4.79 Å². The lowest BCUT2D eigenvalue weighted by molar-refractivity contribution is 0.0935. The smallest absolute Gasteiger partial charge is 0.251 e. The van der Waals surface area contributed by atoms with Gasteiger partial charge in [-0.2, -0.15) is 5.10 Å². The molecule has 0 aliphatic carbocycles. The Morgan fingerprint density at radius 3 is 2.64 bits per heavy atom. The predicted molar refractivity (Wildman–Crippen MR) is 97.2 cm³/mol. The monoisotopic (exact) mass is 341 g/mol. The molecule has 1 fully saturated rings. The summed E-state index contributed by atoms with van der Waals surface area (Å²) in [5, 5.41) is 10.5. The maximum Gasteiger partial charge on any atom is 0.251 e. The molecule has 6 heteroatoms. The average Bonchev–Trinajstić information content (AvgIpc) is 3.23. The summed E-state index contributed by atoms with van der Waals surface area (Å²) >= 11 is 0. The van der Waals surface area contributed by atoms with Crippen LogP contribution in [0.3, 0.4) is 0 Å². The van der Waals surface area contributed by atoms with Gasteiger partial charge in [-0.1, -0.05) is 32.0 Å². The van der Waals surface area contributed by atoms with E-state index in [0.717, 1.165) is 37.5 Å². The molecule has 1 saturated heterocycles. The van der Waals surface area contributed by atoms with Crippen LogP contribution in [0, 0.1) is 6.92 Å². The van der Waals surface area contributed by atoms with Gasteiger partial charge in [-0.3, -0.25) is 14.8 Å². The largest absolute Gasteiger partial charge is 0.348 e. The third kappa shape index (κ3) is 3.90. The molecular weight excluding hydrogens is 314 g/mol. The Balaban J connectivity index is 1.75. The number of nitrogens with one attached hydrogen (secondary N) is 2. The van der Waals surface area contributed by atoms with E-state index in [1.807, 2.05) is 37.3 Å². The lowest BCUT2D eigenvalue weighted by atomic mass is 10.1. The molecule has 25 heavy (non-hydrogen) atoms. The fraction of sp³-hybridized carbons (Fsp3) is 0.526. The number of nitrogens with zero attached hydrogens (tertiary/aromatic N) is 3. The van der Waals surface area contributed by atoms with Gasteiger partial charge >= 0.3 is 0 Å². The first-order valence-electron chi connectivity index (χ1n) is 9.12. The molecule has 2 aromatic rings. The molecule has 6 nitrogen and oxygen atoms in total. The summed E-state index contributed by atoms with van der Waals surface area (Å²) in [6.07, 6.45) is 3.00. The molecular formula is C19H27N5O. The summed E-state index contributed by atoms with van der Waals surface area (Å²) in [4.78, 5) is 19.5. The van der Waals surface area contributed by atoms with E-state index in [4.69, 9.17) is 0 Å². The van der Waals surface area contributed by atoms with Crippen LogP contribution in [0.2, 0.25) is 0 Å². The zero-order valence-electron chi connectivity index (χ0n) is 15.2. The summed E-state index contributed by atoms with van der Waals surface area (Å²) in [5.41, 5.74) is 0.703. The van der Waals surface area contributed by atoms with E-state index in [1.165, 1.54) is 0 Å². The second-order valence-electron chi connectivity index (χ2n) is 6.73. The molecule has 1 amide bonds. The Hall–Kier alpha value is -2.21. The van der Waals surface area contributed by atoms with Gasteiger partial charge in [0.15, 0.2) is 5.82 Å². The molecule has 1 aromatic heterocycles. The highest BCUT2D eigenvalue weighted by molar-refractivity contribution is 5.94. The summed E-state index contributed by atoms with van der Waals surface area (Å²) in [7, 11) is 0. The summed E-state index contributed by atoms with van der Waals surface area (Å²) < 4.78 is 0. The van der Waals surface area contributed by atoms with Gasteiger partial charge in [-0.25, -0.2) is 4.98 Å². The molecule has 2 heterocycles. The minimum absolute atomic E-state index is 0.0121. The van der Waals surface area contributed by atoms with Crippen LogP contribution in [0.5, 0.6) is 0 Å². The SMILES string of the molecule is CCC(CC)N1C[C@@H](NC(=O)c2ccccc2)C[C@H]1c1n[nH]c(C)n1. The fourth-order valence-corrected chi connectivity index (χ4v) is 3.75. The first kappa shape index (κ1) is 17.6. The van der Waals surface area contributed by atoms with Gasteiger partial charge in [0.1, 0.15) is 5.82 Å². The number of aromatic amines is 1. The molecule has 1 aromatic carbocycles. The third-order valence-corrected chi connectivity index (χ3v) is 5.03. The highest BCUT2D eigenvalue weighted by atomic mass is 16.1. The van der Waals surface area contributed by atoms with Crippen molar-refractivity contribution in [2.45, 2.75) is 58.2 Å². The number of H-pyrrole nitrogens is 1. The molecule has 1 aliphatic heterocycles. The topological polar surface area (TPSA) is 73.9 Å². The quantitative estimate of drug-likeness (QED) is 0.847. The molecule has 0 unspecified atom stereocenters. The second-order valence-corrected chi connectivity index (χ2v) is 6.73. The number of aromatic nitrogens is 3. The Morgan fingerprint density at radius 2 is 2.04 bits per heavy atom. The van der Waals surface area contributed by atoms with Gasteiger partial charge in [-0.05, 0) is 38.3 Å². The Kier molecular flexibility index (Phi) is 5.48. The molecule has 2 atom stereocenters. The van der Waals surface area contributed by atoms with Crippen LogP contribution in [0.1, 0.15) is 61.2 Å². The van der Waals surface area contributed by atoms with Gasteiger partial charge in [0, 0.05) is 24.2 Å². The third-order valence-electron chi connectivity index (χ3n) is 5.03. The molecule has 1 aliphatic rings. The van der Waals surface area contributed by atoms with E-state index < -0.39 is 0 Å². The van der Waals surface area contributed by atoms with Crippen LogP contribution in [-0.2, 0) is 0 Å². The van der Waals surface area contributed by atoms with Crippen LogP contribution in [-0.4, -0.2) is 44.6 Å². The van der Waals surface area contributed by atoms with Crippen LogP contribution < -0.4 is 5.32 Å². The maximum atomic E-state index is 12.5. The van der Waals surface area contributed by atoms with E-state index in [1.54, 1.807) is 0 Å². The first-order valence-corrected chi connectivity index (χ1v) is 9.12. The van der Waals surface area contributed by atoms with Crippen molar-refractivity contribution in [3.63, 3.8) is 0 Å². The average molecular weight is 341 g/mol. The minimum Gasteiger partial charge on any atom is -0.348 e. The van der Waals surface area contributed by atoms with Gasteiger partial charge in [0.25, 0.3) is 5.91 Å². The van der Waals surface area contributed by atoms with Crippen molar-refractivity contribution in [3.05, 3.63) is 47.5 Å². The predicted octanol–water partition coefficient (Wildman–Crippen LogP) is 2.85. The maximum absolute atomic E-state index is 12.5. The fourth-order valence-electron chi connectivity index (χ4n) is 3.75. The molecule has 0 radical (unpaired) electrons. The van der Waals surface area contributed by atoms with Crippen LogP contribution in [0.4, 0.5) is 0 Å². The van der Waals surface area contributed by atoms with Crippen LogP contribution >= 0.6 is 0 Å². The Morgan fingerprint density at radius 1 is 1.32 bits per heavy atom. The van der Waals surface area contributed by atoms with Crippen LogP contribution in [0.25, 0.3) is 0 Å². The molecule has 0 spiro atoms. The van der Waals surface area contributed by atoms with Crippen molar-refractivity contribution in [2.24, 2.45) is 0 Å². The molecule has 0 saturated carbocycles. The van der Waals surface area contributed by atoms with Crippen molar-refractivity contribution in [1.82, 2.24) is 25.4 Å². The van der Waals surface area contributed by atoms with Gasteiger partial charge < -0.3 is 5.32 Å². The zero-order valence-corrected chi connectivity index (χ0v) is 15.2. The molecule has 134 valence electrons. The second kappa shape index (κ2) is 7.78. The number of hydrogen-bond donors (Lipinski definition) is 2. The molecule has 0 bridgehead atoms. The number of carbonyl (C=O) groups excluding carboxylic acids is 1. The number of carbonyl (C=O) groups is 1. The van der Waals surface area contributed by atoms with Crippen molar-refractivity contribution in [3.8, 4) is 0 Å². The van der Waals surface area contributed by atoms with Gasteiger partial charge in [-0.15, -0.1) is 0 Å². The highest BCUT2D eigenvalue weighted by Crippen LogP contribution is 2.33. The number of hydrogen-bond acceptors (Lipinski definition) is 4. The normalized spacial score (nSPS) is 21.0. The van der Waals surface area contributed by atoms with E-state index in [9.17, 15) is 4.79 Å². The first-order chi connectivity index (χ1) is 12.1. The Bertz CT molecular complexity index is 695. The number of rotatable bonds is 6. The van der Waals surface area contributed by atoms with E-state index in [2.05, 4.69) is 39.2 Å². The van der Waals surface area contributed by atoms with E-state index in [-0.39, 0.29) is 18.0 Å². The Labute approximate surface area is 149 Å². The zero-order chi connectivity index (χ0) is 17.8. The lowest BCUT2D eigenvalue weighted by Crippen LogP contribution is -2.40. The van der Waals surface area contributed by atoms with E-state index >= 15 is 0 Å². The molecule has 3 rings (SSSR count). The standard InChI is InChI=1S/C19H27N5O/c1-4-16(5-2)24-12-15(11-17(24)18-20-13(3)22-23-18)21-19(25)14-9-7-6-8-10-14/h6-10,15-17H,4-5,11-12H2,1-3H3,(H,21,25)(H,20,22,23)/t15-,17-/m0/s1. The lowest BCUT2D eigenvalue weighted by Gasteiger charge is -2.30. The number of likely N-dealkylation sites (tertiary alicyclic amines) is 1. The van der Waals surface area contributed by atoms with Crippen molar-refractivity contribution in [1.29, 1.82) is 0 Å². The number of benzene rings is 1. The minimum atomic E-state index is -0.0121. The molecule has 2 N–H and O–H groups in total. The highest BCUT2D eigenvalue weighted by Gasteiger charge is 2.38.